The summed E-state index contributed by atoms with van der Waals surface area (Å²) in [7, 11) is 0. The van der Waals surface area contributed by atoms with Gasteiger partial charge in [-0.1, -0.05) is 13.8 Å². The Labute approximate surface area is 44.8 Å². The molecule has 1 nitrogen and oxygen atoms in total. The first-order valence-electron chi connectivity index (χ1n) is 2.66. The molecule has 0 aliphatic carbocycles. The van der Waals surface area contributed by atoms with Gasteiger partial charge in [0, 0.05) is 12.8 Å². The van der Waals surface area contributed by atoms with Gasteiger partial charge in [0.15, 0.2) is 0 Å². The molecule has 0 bridgehead atoms. The van der Waals surface area contributed by atoms with Crippen LogP contribution in [-0.4, -0.2) is 12.4 Å². The standard InChI is InChI=1S/C6H12N/c1-4-6(5-2)7-3/h3-5H2,1-2H3/q+1. The van der Waals surface area contributed by atoms with Crippen molar-refractivity contribution in [3.63, 3.8) is 0 Å². The van der Waals surface area contributed by atoms with E-state index in [1.165, 1.54) is 5.71 Å². The minimum atomic E-state index is 1.04. The minimum absolute atomic E-state index is 1.04. The first kappa shape index (κ1) is 6.45. The Morgan fingerprint density at radius 2 is 1.86 bits per heavy atom. The third-order valence-corrected chi connectivity index (χ3v) is 1.04. The molecule has 1 heteroatoms. The Bertz CT molecular complexity index is 82.4. The van der Waals surface area contributed by atoms with Gasteiger partial charge in [0.05, 0.1) is 0 Å². The monoisotopic (exact) mass is 98.1 g/mol. The van der Waals surface area contributed by atoms with Crippen molar-refractivity contribution in [3.05, 3.63) is 0 Å². The Hall–Kier alpha value is -0.550. The van der Waals surface area contributed by atoms with Crippen molar-refractivity contribution < 1.29 is 0 Å². The molecule has 0 aromatic heterocycles. The van der Waals surface area contributed by atoms with E-state index in [0.717, 1.165) is 12.8 Å². The van der Waals surface area contributed by atoms with E-state index in [1.807, 2.05) is 0 Å². The van der Waals surface area contributed by atoms with Crippen LogP contribution in [0.25, 0.3) is 0 Å². The van der Waals surface area contributed by atoms with Gasteiger partial charge < -0.3 is 0 Å². The number of hydrogen-bond acceptors (Lipinski definition) is 0. The summed E-state index contributed by atoms with van der Waals surface area (Å²) in [6, 6.07) is 0. The fourth-order valence-corrected chi connectivity index (χ4v) is 0.474. The van der Waals surface area contributed by atoms with Crippen LogP contribution in [0.4, 0.5) is 0 Å². The lowest BCUT2D eigenvalue weighted by atomic mass is 10.2. The lowest BCUT2D eigenvalue weighted by molar-refractivity contribution is 1.15. The summed E-state index contributed by atoms with van der Waals surface area (Å²) in [5.41, 5.74) is 1.19. The summed E-state index contributed by atoms with van der Waals surface area (Å²) < 4.78 is 3.79. The molecule has 0 aliphatic heterocycles. The van der Waals surface area contributed by atoms with Crippen LogP contribution in [0, 0.1) is 0 Å². The molecule has 0 aromatic carbocycles. The molecule has 0 N–H and O–H groups in total. The van der Waals surface area contributed by atoms with E-state index < -0.39 is 0 Å². The molecule has 0 radical (unpaired) electrons. The molecule has 0 aromatic rings. The van der Waals surface area contributed by atoms with E-state index in [0.29, 0.717) is 0 Å². The number of nitrogens with zero attached hydrogens (tertiary/aromatic N) is 1. The highest BCUT2D eigenvalue weighted by Gasteiger charge is 1.97. The summed E-state index contributed by atoms with van der Waals surface area (Å²) in [5, 5.41) is 0. The normalized spacial score (nSPS) is 7.71. The van der Waals surface area contributed by atoms with E-state index in [4.69, 9.17) is 0 Å². The molecule has 0 heterocycles. The molecule has 0 atom stereocenters. The third kappa shape index (κ3) is 2.18. The smallest absolute Gasteiger partial charge is 0.111 e. The Kier molecular flexibility index (Phi) is 3.35. The van der Waals surface area contributed by atoms with Gasteiger partial charge in [0.1, 0.15) is 0 Å². The maximum atomic E-state index is 3.79. The zero-order chi connectivity index (χ0) is 5.70. The highest BCUT2D eigenvalue weighted by Crippen LogP contribution is 1.82. The molecule has 0 rings (SSSR count). The fourth-order valence-electron chi connectivity index (χ4n) is 0.474. The van der Waals surface area contributed by atoms with Gasteiger partial charge in [-0.3, -0.25) is 0 Å². The van der Waals surface area contributed by atoms with Gasteiger partial charge in [-0.15, -0.1) is 4.67 Å². The van der Waals surface area contributed by atoms with Gasteiger partial charge >= 0.3 is 0 Å². The summed E-state index contributed by atoms with van der Waals surface area (Å²) in [6.45, 7) is 7.60. The summed E-state index contributed by atoms with van der Waals surface area (Å²) in [6.07, 6.45) is 2.08. The molecular formula is C6H12N+. The summed E-state index contributed by atoms with van der Waals surface area (Å²) in [5.74, 6) is 0. The van der Waals surface area contributed by atoms with E-state index in [9.17, 15) is 0 Å². The highest BCUT2D eigenvalue weighted by atomic mass is 14.5. The lowest BCUT2D eigenvalue weighted by Crippen LogP contribution is -1.95. The number of hydrogen-bond donors (Lipinski definition) is 0. The Balaban J connectivity index is 3.61. The van der Waals surface area contributed by atoms with Crippen molar-refractivity contribution in [3.8, 4) is 0 Å². The van der Waals surface area contributed by atoms with E-state index in [-0.39, 0.29) is 0 Å². The van der Waals surface area contributed by atoms with Gasteiger partial charge in [0.2, 0.25) is 0 Å². The second-order valence-electron chi connectivity index (χ2n) is 1.43. The van der Waals surface area contributed by atoms with Gasteiger partial charge in [0.25, 0.3) is 12.4 Å². The van der Waals surface area contributed by atoms with Crippen LogP contribution < -0.4 is 4.67 Å². The van der Waals surface area contributed by atoms with Crippen LogP contribution in [0.3, 0.4) is 0 Å². The number of rotatable bonds is 2. The summed E-state index contributed by atoms with van der Waals surface area (Å²) in [4.78, 5) is 0. The predicted molar refractivity (Wildman–Crippen MR) is 34.8 cm³/mol. The van der Waals surface area contributed by atoms with E-state index >= 15 is 0 Å². The molecule has 0 amide bonds. The van der Waals surface area contributed by atoms with Crippen LogP contribution in [0.2, 0.25) is 0 Å². The maximum absolute atomic E-state index is 3.79. The SMILES string of the molecule is C=[N+]=C(CC)CC. The van der Waals surface area contributed by atoms with Crippen LogP contribution in [0.5, 0.6) is 0 Å². The van der Waals surface area contributed by atoms with Gasteiger partial charge in [-0.05, 0) is 0 Å². The van der Waals surface area contributed by atoms with Crippen molar-refractivity contribution in [1.29, 1.82) is 0 Å². The van der Waals surface area contributed by atoms with Crippen LogP contribution in [0.1, 0.15) is 26.7 Å². The molecule has 7 heavy (non-hydrogen) atoms. The van der Waals surface area contributed by atoms with Crippen molar-refractivity contribution in [1.82, 2.24) is 4.67 Å². The molecule has 0 fully saturated rings. The van der Waals surface area contributed by atoms with Crippen LogP contribution in [0.15, 0.2) is 0 Å². The van der Waals surface area contributed by atoms with Crippen LogP contribution in [-0.2, 0) is 0 Å². The quantitative estimate of drug-likeness (QED) is 0.361. The molecule has 0 aliphatic rings. The first-order valence-corrected chi connectivity index (χ1v) is 2.66. The van der Waals surface area contributed by atoms with Crippen molar-refractivity contribution in [2.24, 2.45) is 0 Å². The fraction of sp³-hybridized carbons (Fsp3) is 0.667. The maximum Gasteiger partial charge on any atom is 0.279 e. The largest absolute Gasteiger partial charge is 0.279 e. The highest BCUT2D eigenvalue weighted by molar-refractivity contribution is 5.83. The second kappa shape index (κ2) is 3.63. The van der Waals surface area contributed by atoms with Gasteiger partial charge in [-0.2, -0.15) is 0 Å². The van der Waals surface area contributed by atoms with Crippen LogP contribution >= 0.6 is 0 Å². The molecular weight excluding hydrogens is 86.1 g/mol. The zero-order valence-electron chi connectivity index (χ0n) is 5.07. The van der Waals surface area contributed by atoms with Crippen molar-refractivity contribution >= 4 is 12.4 Å². The van der Waals surface area contributed by atoms with Crippen molar-refractivity contribution in [2.75, 3.05) is 0 Å². The molecule has 0 saturated heterocycles. The molecule has 0 saturated carbocycles. The topological polar surface area (TPSA) is 14.1 Å². The lowest BCUT2D eigenvalue weighted by Gasteiger charge is -1.75. The summed E-state index contributed by atoms with van der Waals surface area (Å²) >= 11 is 0. The first-order chi connectivity index (χ1) is 3.35. The van der Waals surface area contributed by atoms with Crippen molar-refractivity contribution in [2.45, 2.75) is 26.7 Å². The van der Waals surface area contributed by atoms with E-state index in [2.05, 4.69) is 25.2 Å². The molecule has 40 valence electrons. The Morgan fingerprint density at radius 1 is 1.43 bits per heavy atom. The predicted octanol–water partition coefficient (Wildman–Crippen LogP) is 1.02. The zero-order valence-corrected chi connectivity index (χ0v) is 5.07. The minimum Gasteiger partial charge on any atom is -0.111 e. The Morgan fingerprint density at radius 3 is 1.86 bits per heavy atom. The molecule has 0 unspecified atom stereocenters. The third-order valence-electron chi connectivity index (χ3n) is 1.04. The van der Waals surface area contributed by atoms with Gasteiger partial charge in [-0.25, -0.2) is 0 Å². The average Bonchev–Trinajstić information content (AvgIpc) is 1.72. The second-order valence-corrected chi connectivity index (χ2v) is 1.43. The average molecular weight is 98.2 g/mol. The molecule has 0 spiro atoms. The van der Waals surface area contributed by atoms with E-state index in [1.54, 1.807) is 0 Å².